The number of anilines is 1. The Morgan fingerprint density at radius 3 is 2.72 bits per heavy atom. The highest BCUT2D eigenvalue weighted by molar-refractivity contribution is 7.80. The van der Waals surface area contributed by atoms with E-state index >= 15 is 0 Å². The topological polar surface area (TPSA) is 55.9 Å². The van der Waals surface area contributed by atoms with Gasteiger partial charge in [0, 0.05) is 13.1 Å². The van der Waals surface area contributed by atoms with Crippen molar-refractivity contribution in [2.45, 2.75) is 52.5 Å². The molecule has 0 saturated heterocycles. The summed E-state index contributed by atoms with van der Waals surface area (Å²) in [6.45, 7) is 6.33. The van der Waals surface area contributed by atoms with Crippen molar-refractivity contribution in [3.05, 3.63) is 11.3 Å². The Kier molecular flexibility index (Phi) is 5.59. The standard InChI is InChI=1S/C13H24N4S/c1-5-6-7-8-9(2)15-13-11(12(14)18)10(3)16-17(13)4/h9,15H,5-8H2,1-4H3,(H2,14,18). The number of nitrogens with zero attached hydrogens (tertiary/aromatic N) is 2. The van der Waals surface area contributed by atoms with Gasteiger partial charge in [0.2, 0.25) is 0 Å². The minimum absolute atomic E-state index is 0.402. The molecular weight excluding hydrogens is 244 g/mol. The first-order valence-corrected chi connectivity index (χ1v) is 6.98. The summed E-state index contributed by atoms with van der Waals surface area (Å²) in [5.74, 6) is 0.934. The number of hydrogen-bond acceptors (Lipinski definition) is 3. The first kappa shape index (κ1) is 15.0. The third-order valence-corrected chi connectivity index (χ3v) is 3.30. The normalized spacial score (nSPS) is 12.4. The lowest BCUT2D eigenvalue weighted by Gasteiger charge is -2.16. The molecule has 102 valence electrons. The molecule has 18 heavy (non-hydrogen) atoms. The van der Waals surface area contributed by atoms with Crippen molar-refractivity contribution in [1.82, 2.24) is 9.78 Å². The number of nitrogens with two attached hydrogens (primary N) is 1. The second-order valence-corrected chi connectivity index (χ2v) is 5.28. The number of unbranched alkanes of at least 4 members (excludes halogenated alkanes) is 2. The van der Waals surface area contributed by atoms with Gasteiger partial charge in [-0.3, -0.25) is 4.68 Å². The van der Waals surface area contributed by atoms with Gasteiger partial charge in [0.25, 0.3) is 0 Å². The van der Waals surface area contributed by atoms with E-state index in [4.69, 9.17) is 18.0 Å². The Morgan fingerprint density at radius 2 is 2.17 bits per heavy atom. The van der Waals surface area contributed by atoms with Crippen molar-refractivity contribution in [1.29, 1.82) is 0 Å². The van der Waals surface area contributed by atoms with E-state index in [2.05, 4.69) is 24.3 Å². The second-order valence-electron chi connectivity index (χ2n) is 4.84. The number of rotatable bonds is 7. The molecule has 0 aliphatic carbocycles. The first-order chi connectivity index (χ1) is 8.47. The molecule has 4 nitrogen and oxygen atoms in total. The Hall–Kier alpha value is -1.10. The van der Waals surface area contributed by atoms with Crippen molar-refractivity contribution in [3.63, 3.8) is 0 Å². The molecule has 0 aliphatic heterocycles. The van der Waals surface area contributed by atoms with Crippen LogP contribution in [0.4, 0.5) is 5.82 Å². The zero-order chi connectivity index (χ0) is 13.7. The minimum Gasteiger partial charge on any atom is -0.389 e. The largest absolute Gasteiger partial charge is 0.389 e. The summed E-state index contributed by atoms with van der Waals surface area (Å²) in [6.07, 6.45) is 4.91. The van der Waals surface area contributed by atoms with Crippen LogP contribution in [0.3, 0.4) is 0 Å². The van der Waals surface area contributed by atoms with Crippen molar-refractivity contribution in [2.75, 3.05) is 5.32 Å². The quantitative estimate of drug-likeness (QED) is 0.590. The number of thiocarbonyl (C=S) groups is 1. The van der Waals surface area contributed by atoms with E-state index in [1.807, 2.05) is 18.7 Å². The molecule has 1 aromatic heterocycles. The SMILES string of the molecule is CCCCCC(C)Nc1c(C(N)=S)c(C)nn1C. The molecule has 1 aromatic rings. The zero-order valence-corrected chi connectivity index (χ0v) is 12.6. The average Bonchev–Trinajstić information content (AvgIpc) is 2.54. The maximum absolute atomic E-state index is 5.76. The fourth-order valence-corrected chi connectivity index (χ4v) is 2.37. The zero-order valence-electron chi connectivity index (χ0n) is 11.8. The van der Waals surface area contributed by atoms with Gasteiger partial charge in [-0.05, 0) is 20.3 Å². The molecule has 0 radical (unpaired) electrons. The lowest BCUT2D eigenvalue weighted by atomic mass is 10.1. The molecule has 1 heterocycles. The van der Waals surface area contributed by atoms with Crippen molar-refractivity contribution in [3.8, 4) is 0 Å². The molecule has 0 spiro atoms. The van der Waals surface area contributed by atoms with Crippen LogP contribution >= 0.6 is 12.2 Å². The molecule has 0 saturated carbocycles. The molecule has 0 bridgehead atoms. The van der Waals surface area contributed by atoms with Gasteiger partial charge in [-0.15, -0.1) is 0 Å². The Morgan fingerprint density at radius 1 is 1.50 bits per heavy atom. The molecule has 3 N–H and O–H groups in total. The van der Waals surface area contributed by atoms with E-state index in [9.17, 15) is 0 Å². The monoisotopic (exact) mass is 268 g/mol. The average molecular weight is 268 g/mol. The summed E-state index contributed by atoms with van der Waals surface area (Å²) in [5, 5.41) is 7.84. The van der Waals surface area contributed by atoms with Crippen molar-refractivity contribution >= 4 is 23.0 Å². The number of aromatic nitrogens is 2. The predicted octanol–water partition coefficient (Wildman–Crippen LogP) is 2.74. The van der Waals surface area contributed by atoms with Crippen LogP contribution in [0.5, 0.6) is 0 Å². The van der Waals surface area contributed by atoms with Crippen LogP contribution in [0, 0.1) is 6.92 Å². The van der Waals surface area contributed by atoms with E-state index < -0.39 is 0 Å². The van der Waals surface area contributed by atoms with E-state index in [0.717, 1.165) is 23.5 Å². The number of aryl methyl sites for hydroxylation is 2. The van der Waals surface area contributed by atoms with Crippen LogP contribution in [0.1, 0.15) is 50.8 Å². The highest BCUT2D eigenvalue weighted by Gasteiger charge is 2.16. The van der Waals surface area contributed by atoms with E-state index in [-0.39, 0.29) is 0 Å². The molecule has 5 heteroatoms. The van der Waals surface area contributed by atoms with Crippen LogP contribution in [0.25, 0.3) is 0 Å². The van der Waals surface area contributed by atoms with Gasteiger partial charge in [0.1, 0.15) is 10.8 Å². The molecule has 0 aliphatic rings. The fourth-order valence-electron chi connectivity index (χ4n) is 2.12. The lowest BCUT2D eigenvalue weighted by Crippen LogP contribution is -2.20. The third kappa shape index (κ3) is 3.70. The van der Waals surface area contributed by atoms with Crippen LogP contribution in [-0.4, -0.2) is 20.8 Å². The van der Waals surface area contributed by atoms with Crippen molar-refractivity contribution < 1.29 is 0 Å². The third-order valence-electron chi connectivity index (χ3n) is 3.09. The second kappa shape index (κ2) is 6.73. The highest BCUT2D eigenvalue weighted by Crippen LogP contribution is 2.20. The van der Waals surface area contributed by atoms with Gasteiger partial charge >= 0.3 is 0 Å². The molecule has 1 unspecified atom stereocenters. The molecular formula is C13H24N4S. The maximum Gasteiger partial charge on any atom is 0.134 e. The molecule has 1 atom stereocenters. The van der Waals surface area contributed by atoms with E-state index in [0.29, 0.717) is 11.0 Å². The molecule has 0 aromatic carbocycles. The minimum atomic E-state index is 0.402. The van der Waals surface area contributed by atoms with Crippen molar-refractivity contribution in [2.24, 2.45) is 12.8 Å². The van der Waals surface area contributed by atoms with Crippen LogP contribution in [0.2, 0.25) is 0 Å². The maximum atomic E-state index is 5.76. The summed E-state index contributed by atoms with van der Waals surface area (Å²) in [4.78, 5) is 0.406. The molecule has 0 amide bonds. The van der Waals surface area contributed by atoms with Crippen LogP contribution in [-0.2, 0) is 7.05 Å². The van der Waals surface area contributed by atoms with Gasteiger partial charge in [-0.1, -0.05) is 38.4 Å². The van der Waals surface area contributed by atoms with Gasteiger partial charge in [-0.25, -0.2) is 0 Å². The number of nitrogens with one attached hydrogen (secondary N) is 1. The lowest BCUT2D eigenvalue weighted by molar-refractivity contribution is 0.608. The smallest absolute Gasteiger partial charge is 0.134 e. The summed E-state index contributed by atoms with van der Waals surface area (Å²) in [5.41, 5.74) is 7.52. The molecule has 1 rings (SSSR count). The summed E-state index contributed by atoms with van der Waals surface area (Å²) in [7, 11) is 1.91. The summed E-state index contributed by atoms with van der Waals surface area (Å²) < 4.78 is 1.82. The van der Waals surface area contributed by atoms with Gasteiger partial charge in [0.05, 0.1) is 11.3 Å². The first-order valence-electron chi connectivity index (χ1n) is 6.57. The fraction of sp³-hybridized carbons (Fsp3) is 0.692. The summed E-state index contributed by atoms with van der Waals surface area (Å²) >= 11 is 5.09. The van der Waals surface area contributed by atoms with E-state index in [1.165, 1.54) is 19.3 Å². The van der Waals surface area contributed by atoms with Crippen LogP contribution < -0.4 is 11.1 Å². The highest BCUT2D eigenvalue weighted by atomic mass is 32.1. The van der Waals surface area contributed by atoms with Gasteiger partial charge < -0.3 is 11.1 Å². The Labute approximate surface area is 115 Å². The van der Waals surface area contributed by atoms with E-state index in [1.54, 1.807) is 0 Å². The molecule has 0 fully saturated rings. The van der Waals surface area contributed by atoms with Gasteiger partial charge in [-0.2, -0.15) is 5.10 Å². The van der Waals surface area contributed by atoms with Gasteiger partial charge in [0.15, 0.2) is 0 Å². The summed E-state index contributed by atoms with van der Waals surface area (Å²) in [6, 6.07) is 0.402. The van der Waals surface area contributed by atoms with Crippen LogP contribution in [0.15, 0.2) is 0 Å². The Bertz CT molecular complexity index is 411. The Balaban J connectivity index is 2.74. The predicted molar refractivity (Wildman–Crippen MR) is 81.1 cm³/mol. The number of hydrogen-bond donors (Lipinski definition) is 2.